The van der Waals surface area contributed by atoms with E-state index in [1.807, 2.05) is 13.2 Å². The lowest BCUT2D eigenvalue weighted by atomic mass is 10.2. The van der Waals surface area contributed by atoms with Crippen LogP contribution in [-0.4, -0.2) is 44.6 Å². The van der Waals surface area contributed by atoms with Gasteiger partial charge in [0.25, 0.3) is 5.91 Å². The molecule has 1 rings (SSSR count). The molecule has 0 fully saturated rings. The minimum Gasteiger partial charge on any atom is -0.480 e. The van der Waals surface area contributed by atoms with E-state index in [2.05, 4.69) is 14.9 Å². The van der Waals surface area contributed by atoms with Crippen LogP contribution >= 0.6 is 23.3 Å². The molecule has 1 aromatic rings. The monoisotopic (exact) mass is 303 g/mol. The Hall–Kier alpha value is -1.15. The first kappa shape index (κ1) is 15.9. The summed E-state index contributed by atoms with van der Waals surface area (Å²) >= 11 is 2.55. The van der Waals surface area contributed by atoms with E-state index in [0.29, 0.717) is 29.2 Å². The minimum absolute atomic E-state index is 0.396. The number of hydrogen-bond acceptors (Lipinski definition) is 6. The first-order chi connectivity index (χ1) is 9.10. The number of carboxylic acids is 1. The Balaban J connectivity index is 2.70. The van der Waals surface area contributed by atoms with Gasteiger partial charge < -0.3 is 10.4 Å². The van der Waals surface area contributed by atoms with E-state index in [1.165, 1.54) is 0 Å². The Morgan fingerprint density at radius 2 is 2.26 bits per heavy atom. The third-order valence-electron chi connectivity index (χ3n) is 2.46. The average Bonchev–Trinajstić information content (AvgIpc) is 2.82. The van der Waals surface area contributed by atoms with Gasteiger partial charge in [0.2, 0.25) is 0 Å². The summed E-state index contributed by atoms with van der Waals surface area (Å²) in [6, 6.07) is -0.864. The fourth-order valence-electron chi connectivity index (χ4n) is 1.50. The van der Waals surface area contributed by atoms with Gasteiger partial charge in [-0.15, -0.1) is 5.10 Å². The number of nitrogens with zero attached hydrogens (tertiary/aromatic N) is 2. The van der Waals surface area contributed by atoms with Crippen molar-refractivity contribution in [3.8, 4) is 0 Å². The highest BCUT2D eigenvalue weighted by Crippen LogP contribution is 2.13. The average molecular weight is 303 g/mol. The van der Waals surface area contributed by atoms with Crippen LogP contribution in [-0.2, 0) is 11.2 Å². The molecule has 0 aromatic carbocycles. The molecule has 6 nitrogen and oxygen atoms in total. The zero-order chi connectivity index (χ0) is 14.3. The van der Waals surface area contributed by atoms with Gasteiger partial charge in [0.05, 0.1) is 5.69 Å². The highest BCUT2D eigenvalue weighted by molar-refractivity contribution is 7.98. The van der Waals surface area contributed by atoms with Crippen LogP contribution < -0.4 is 5.32 Å². The van der Waals surface area contributed by atoms with Gasteiger partial charge in [0, 0.05) is 0 Å². The molecular weight excluding hydrogens is 286 g/mol. The second-order valence-electron chi connectivity index (χ2n) is 3.94. The molecule has 0 saturated carbocycles. The number of carboxylic acid groups (broad SMARTS) is 1. The molecule has 0 aliphatic heterocycles. The van der Waals surface area contributed by atoms with Gasteiger partial charge in [-0.1, -0.05) is 17.8 Å². The van der Waals surface area contributed by atoms with E-state index in [1.54, 1.807) is 11.8 Å². The molecule has 0 unspecified atom stereocenters. The molecule has 0 radical (unpaired) electrons. The van der Waals surface area contributed by atoms with Crippen molar-refractivity contribution in [1.29, 1.82) is 0 Å². The number of carbonyl (C=O) groups excluding carboxylic acids is 1. The van der Waals surface area contributed by atoms with Crippen LogP contribution in [0.3, 0.4) is 0 Å². The number of nitrogens with one attached hydrogen (secondary N) is 1. The van der Waals surface area contributed by atoms with Crippen molar-refractivity contribution in [2.24, 2.45) is 0 Å². The first-order valence-corrected chi connectivity index (χ1v) is 8.10. The maximum Gasteiger partial charge on any atom is 0.326 e. The largest absolute Gasteiger partial charge is 0.480 e. The lowest BCUT2D eigenvalue weighted by Gasteiger charge is -2.13. The van der Waals surface area contributed by atoms with Crippen LogP contribution in [0.4, 0.5) is 0 Å². The molecule has 1 aromatic heterocycles. The number of aryl methyl sites for hydroxylation is 1. The predicted octanol–water partition coefficient (Wildman–Crippen LogP) is 1.43. The van der Waals surface area contributed by atoms with Crippen LogP contribution in [0.1, 0.15) is 35.1 Å². The fourth-order valence-corrected chi connectivity index (χ4v) is 2.58. The number of hydrogen-bond donors (Lipinski definition) is 2. The van der Waals surface area contributed by atoms with Crippen LogP contribution in [0.5, 0.6) is 0 Å². The summed E-state index contributed by atoms with van der Waals surface area (Å²) in [4.78, 5) is 23.5. The Morgan fingerprint density at radius 3 is 2.84 bits per heavy atom. The Bertz CT molecular complexity index is 437. The second kappa shape index (κ2) is 8.11. The van der Waals surface area contributed by atoms with Crippen LogP contribution in [0.15, 0.2) is 0 Å². The summed E-state index contributed by atoms with van der Waals surface area (Å²) in [5, 5.41) is 15.5. The number of rotatable bonds is 8. The highest BCUT2D eigenvalue weighted by atomic mass is 32.2. The van der Waals surface area contributed by atoms with Gasteiger partial charge in [-0.25, -0.2) is 4.79 Å². The lowest BCUT2D eigenvalue weighted by molar-refractivity contribution is -0.139. The number of thioether (sulfide) groups is 1. The summed E-state index contributed by atoms with van der Waals surface area (Å²) in [5.74, 6) is -0.733. The zero-order valence-corrected chi connectivity index (χ0v) is 12.5. The van der Waals surface area contributed by atoms with E-state index in [4.69, 9.17) is 5.11 Å². The molecule has 0 bridgehead atoms. The third-order valence-corrected chi connectivity index (χ3v) is 3.87. The van der Waals surface area contributed by atoms with Gasteiger partial charge in [0.1, 0.15) is 10.9 Å². The Labute approximate surface area is 120 Å². The smallest absolute Gasteiger partial charge is 0.326 e. The second-order valence-corrected chi connectivity index (χ2v) is 5.68. The van der Waals surface area contributed by atoms with Crippen LogP contribution in [0.2, 0.25) is 0 Å². The molecular formula is C11H17N3O3S2. The van der Waals surface area contributed by atoms with Gasteiger partial charge in [-0.3, -0.25) is 4.79 Å². The normalized spacial score (nSPS) is 12.1. The van der Waals surface area contributed by atoms with Gasteiger partial charge >= 0.3 is 5.97 Å². The zero-order valence-electron chi connectivity index (χ0n) is 10.9. The van der Waals surface area contributed by atoms with Crippen molar-refractivity contribution in [3.05, 3.63) is 10.6 Å². The number of aliphatic carboxylic acids is 1. The van der Waals surface area contributed by atoms with Crippen molar-refractivity contribution in [3.63, 3.8) is 0 Å². The molecule has 8 heteroatoms. The highest BCUT2D eigenvalue weighted by Gasteiger charge is 2.23. The minimum atomic E-state index is -1.02. The number of carbonyl (C=O) groups is 2. The molecule has 0 saturated heterocycles. The van der Waals surface area contributed by atoms with Crippen LogP contribution in [0, 0.1) is 0 Å². The topological polar surface area (TPSA) is 92.2 Å². The molecule has 0 aliphatic carbocycles. The van der Waals surface area contributed by atoms with Gasteiger partial charge in [0.15, 0.2) is 0 Å². The molecule has 1 amide bonds. The molecule has 1 atom stereocenters. The number of amides is 1. The van der Waals surface area contributed by atoms with Crippen molar-refractivity contribution in [2.45, 2.75) is 32.2 Å². The lowest BCUT2D eigenvalue weighted by Crippen LogP contribution is -2.41. The number of aromatic nitrogens is 2. The van der Waals surface area contributed by atoms with Crippen LogP contribution in [0.25, 0.3) is 0 Å². The third kappa shape index (κ3) is 4.79. The van der Waals surface area contributed by atoms with Gasteiger partial charge in [-0.05, 0) is 36.4 Å². The Morgan fingerprint density at radius 1 is 1.53 bits per heavy atom. The van der Waals surface area contributed by atoms with E-state index in [9.17, 15) is 9.59 Å². The molecule has 0 spiro atoms. The maximum atomic E-state index is 12.0. The standard InChI is InChI=1S/C11H17N3O3S2/c1-3-4-7-9(19-14-13-7)10(15)12-8(11(16)17)5-6-18-2/h8H,3-6H2,1-2H3,(H,12,15)(H,16,17)/t8-/m1/s1. The summed E-state index contributed by atoms with van der Waals surface area (Å²) in [5.41, 5.74) is 0.638. The summed E-state index contributed by atoms with van der Waals surface area (Å²) < 4.78 is 3.76. The summed E-state index contributed by atoms with van der Waals surface area (Å²) in [6.45, 7) is 1.99. The maximum absolute atomic E-state index is 12.0. The Kier molecular flexibility index (Phi) is 6.79. The molecule has 0 aliphatic rings. The van der Waals surface area contributed by atoms with E-state index in [-0.39, 0.29) is 0 Å². The van der Waals surface area contributed by atoms with Crippen molar-refractivity contribution >= 4 is 35.2 Å². The predicted molar refractivity (Wildman–Crippen MR) is 75.8 cm³/mol. The molecule has 1 heterocycles. The quantitative estimate of drug-likeness (QED) is 0.754. The summed E-state index contributed by atoms with van der Waals surface area (Å²) in [7, 11) is 0. The SMILES string of the molecule is CCCc1nnsc1C(=O)N[C@H](CCSC)C(=O)O. The van der Waals surface area contributed by atoms with E-state index >= 15 is 0 Å². The first-order valence-electron chi connectivity index (χ1n) is 5.94. The summed E-state index contributed by atoms with van der Waals surface area (Å²) in [6.07, 6.45) is 3.83. The molecule has 2 N–H and O–H groups in total. The molecule has 19 heavy (non-hydrogen) atoms. The van der Waals surface area contributed by atoms with E-state index < -0.39 is 17.9 Å². The fraction of sp³-hybridized carbons (Fsp3) is 0.636. The van der Waals surface area contributed by atoms with E-state index in [0.717, 1.165) is 18.0 Å². The van der Waals surface area contributed by atoms with Crippen molar-refractivity contribution in [2.75, 3.05) is 12.0 Å². The van der Waals surface area contributed by atoms with Crippen molar-refractivity contribution in [1.82, 2.24) is 14.9 Å². The van der Waals surface area contributed by atoms with Gasteiger partial charge in [-0.2, -0.15) is 11.8 Å². The van der Waals surface area contributed by atoms with Crippen molar-refractivity contribution < 1.29 is 14.7 Å². The molecule has 106 valence electrons.